The molecule has 0 saturated heterocycles. The topological polar surface area (TPSA) is 77.5 Å². The van der Waals surface area contributed by atoms with Gasteiger partial charge in [-0.3, -0.25) is 4.79 Å². The van der Waals surface area contributed by atoms with Gasteiger partial charge in [-0.15, -0.1) is 0 Å². The zero-order chi connectivity index (χ0) is 26.1. The Morgan fingerprint density at radius 2 is 1.63 bits per heavy atom. The Labute approximate surface area is 196 Å². The van der Waals surface area contributed by atoms with Gasteiger partial charge in [-0.2, -0.15) is 13.2 Å². The van der Waals surface area contributed by atoms with Crippen molar-refractivity contribution in [3.8, 4) is 11.5 Å². The number of anilines is 1. The number of halogens is 5. The lowest BCUT2D eigenvalue weighted by Gasteiger charge is -2.19. The molecule has 0 unspecified atom stereocenters. The minimum absolute atomic E-state index is 0.0946. The molecule has 0 aliphatic rings. The molecule has 35 heavy (non-hydrogen) atoms. The Kier molecular flexibility index (Phi) is 7.09. The van der Waals surface area contributed by atoms with Crippen LogP contribution in [0.5, 0.6) is 11.5 Å². The van der Waals surface area contributed by atoms with Gasteiger partial charge in [0.05, 0.1) is 18.2 Å². The number of nitrogens with one attached hydrogen (secondary N) is 1. The molecule has 184 valence electrons. The molecular weight excluding hydrogens is 475 g/mol. The van der Waals surface area contributed by atoms with Crippen molar-refractivity contribution >= 4 is 17.6 Å². The maximum atomic E-state index is 14.0. The van der Waals surface area contributed by atoms with Crippen LogP contribution in [0.2, 0.25) is 0 Å². The summed E-state index contributed by atoms with van der Waals surface area (Å²) in [4.78, 5) is 28.9. The number of nitrogens with zero attached hydrogens (tertiary/aromatic N) is 1. The molecule has 0 aliphatic heterocycles. The van der Waals surface area contributed by atoms with Crippen LogP contribution in [-0.4, -0.2) is 24.0 Å². The van der Waals surface area contributed by atoms with E-state index in [1.807, 2.05) is 0 Å². The maximum absolute atomic E-state index is 14.0. The van der Waals surface area contributed by atoms with Crippen LogP contribution in [0.4, 0.5) is 27.6 Å². The van der Waals surface area contributed by atoms with E-state index < -0.39 is 46.4 Å². The number of esters is 1. The molecule has 0 saturated carbocycles. The van der Waals surface area contributed by atoms with Crippen molar-refractivity contribution in [3.63, 3.8) is 0 Å². The summed E-state index contributed by atoms with van der Waals surface area (Å²) in [5.74, 6) is -4.61. The minimum Gasteiger partial charge on any atom is -0.464 e. The van der Waals surface area contributed by atoms with Crippen molar-refractivity contribution in [2.24, 2.45) is 0 Å². The number of carbonyl (C=O) groups excluding carboxylic acids is 2. The second kappa shape index (κ2) is 9.69. The summed E-state index contributed by atoms with van der Waals surface area (Å²) in [6, 6.07) is 4.75. The average molecular weight is 494 g/mol. The third kappa shape index (κ3) is 5.23. The number of hydrogen-bond acceptors (Lipinski definition) is 5. The van der Waals surface area contributed by atoms with Crippen molar-refractivity contribution in [2.75, 3.05) is 12.4 Å². The number of amides is 1. The molecule has 0 aliphatic carbocycles. The van der Waals surface area contributed by atoms with Gasteiger partial charge in [-0.25, -0.2) is 18.6 Å². The standard InChI is InChI=1S/C24H19F5N2O4/c1-11-10-30-17(23(33)34-4)9-16(11)31-22(32)20-12(2)14(24(27,28)29)5-7-19(20)35-18-8-6-15(25)21(26)13(18)3/h5-10H,1-4H3,(H,30,31,32). The maximum Gasteiger partial charge on any atom is 0.416 e. The van der Waals surface area contributed by atoms with Gasteiger partial charge in [0.2, 0.25) is 0 Å². The molecule has 0 atom stereocenters. The van der Waals surface area contributed by atoms with Crippen molar-refractivity contribution in [1.82, 2.24) is 4.98 Å². The van der Waals surface area contributed by atoms with Gasteiger partial charge in [0.1, 0.15) is 17.2 Å². The third-order valence-electron chi connectivity index (χ3n) is 5.21. The number of aryl methyl sites for hydroxylation is 1. The Balaban J connectivity index is 2.11. The van der Waals surface area contributed by atoms with Gasteiger partial charge in [-0.05, 0) is 62.2 Å². The highest BCUT2D eigenvalue weighted by molar-refractivity contribution is 6.08. The molecule has 1 amide bonds. The summed E-state index contributed by atoms with van der Waals surface area (Å²) in [6.45, 7) is 3.87. The normalized spacial score (nSPS) is 11.2. The Morgan fingerprint density at radius 1 is 0.971 bits per heavy atom. The summed E-state index contributed by atoms with van der Waals surface area (Å²) < 4.78 is 78.3. The smallest absolute Gasteiger partial charge is 0.416 e. The van der Waals surface area contributed by atoms with E-state index in [9.17, 15) is 31.5 Å². The monoisotopic (exact) mass is 494 g/mol. The lowest BCUT2D eigenvalue weighted by Crippen LogP contribution is -2.19. The number of pyridine rings is 1. The van der Waals surface area contributed by atoms with Gasteiger partial charge in [-0.1, -0.05) is 0 Å². The van der Waals surface area contributed by atoms with Crippen LogP contribution in [0, 0.1) is 32.4 Å². The van der Waals surface area contributed by atoms with E-state index in [1.165, 1.54) is 19.2 Å². The minimum atomic E-state index is -4.78. The predicted molar refractivity (Wildman–Crippen MR) is 116 cm³/mol. The van der Waals surface area contributed by atoms with Crippen LogP contribution in [-0.2, 0) is 10.9 Å². The van der Waals surface area contributed by atoms with Crippen LogP contribution in [0.1, 0.15) is 43.1 Å². The zero-order valence-electron chi connectivity index (χ0n) is 18.9. The first kappa shape index (κ1) is 25.6. The highest BCUT2D eigenvalue weighted by Crippen LogP contribution is 2.39. The molecule has 11 heteroatoms. The molecule has 6 nitrogen and oxygen atoms in total. The number of alkyl halides is 3. The summed E-state index contributed by atoms with van der Waals surface area (Å²) in [7, 11) is 1.14. The largest absolute Gasteiger partial charge is 0.464 e. The van der Waals surface area contributed by atoms with Crippen molar-refractivity contribution in [1.29, 1.82) is 0 Å². The molecular formula is C24H19F5N2O4. The summed E-state index contributed by atoms with van der Waals surface area (Å²) in [6.07, 6.45) is -3.50. The second-order valence-corrected chi connectivity index (χ2v) is 7.53. The van der Waals surface area contributed by atoms with Crippen LogP contribution in [0.15, 0.2) is 36.5 Å². The van der Waals surface area contributed by atoms with Gasteiger partial charge >= 0.3 is 12.1 Å². The molecule has 1 heterocycles. The summed E-state index contributed by atoms with van der Waals surface area (Å²) >= 11 is 0. The Bertz CT molecular complexity index is 1320. The quantitative estimate of drug-likeness (QED) is 0.341. The van der Waals surface area contributed by atoms with Gasteiger partial charge in [0.25, 0.3) is 5.91 Å². The Morgan fingerprint density at radius 3 is 2.26 bits per heavy atom. The molecule has 1 aromatic heterocycles. The zero-order valence-corrected chi connectivity index (χ0v) is 18.9. The van der Waals surface area contributed by atoms with E-state index >= 15 is 0 Å². The first-order chi connectivity index (χ1) is 16.3. The molecule has 0 radical (unpaired) electrons. The fraction of sp³-hybridized carbons (Fsp3) is 0.208. The average Bonchev–Trinajstić information content (AvgIpc) is 2.79. The molecule has 1 N–H and O–H groups in total. The number of carbonyl (C=O) groups is 2. The molecule has 0 bridgehead atoms. The van der Waals surface area contributed by atoms with E-state index in [0.717, 1.165) is 38.3 Å². The van der Waals surface area contributed by atoms with Crippen LogP contribution < -0.4 is 10.1 Å². The number of methoxy groups -OCH3 is 1. The van der Waals surface area contributed by atoms with Gasteiger partial charge in [0.15, 0.2) is 11.6 Å². The van der Waals surface area contributed by atoms with Gasteiger partial charge in [0, 0.05) is 17.4 Å². The molecule has 0 fully saturated rings. The van der Waals surface area contributed by atoms with Gasteiger partial charge < -0.3 is 14.8 Å². The summed E-state index contributed by atoms with van der Waals surface area (Å²) in [5, 5.41) is 2.46. The van der Waals surface area contributed by atoms with E-state index in [1.54, 1.807) is 6.92 Å². The predicted octanol–water partition coefficient (Wildman–Crippen LogP) is 6.14. The number of aromatic nitrogens is 1. The van der Waals surface area contributed by atoms with E-state index in [-0.39, 0.29) is 28.4 Å². The number of benzene rings is 2. The SMILES string of the molecule is COC(=O)c1cc(NC(=O)c2c(Oc3ccc(F)c(F)c3C)ccc(C(F)(F)F)c2C)c(C)cn1. The fourth-order valence-electron chi connectivity index (χ4n) is 3.28. The van der Waals surface area contributed by atoms with Crippen molar-refractivity contribution in [2.45, 2.75) is 26.9 Å². The Hall–Kier alpha value is -4.02. The molecule has 0 spiro atoms. The molecule has 2 aromatic carbocycles. The molecule has 3 aromatic rings. The van der Waals surface area contributed by atoms with Crippen LogP contribution >= 0.6 is 0 Å². The van der Waals surface area contributed by atoms with Crippen LogP contribution in [0.3, 0.4) is 0 Å². The van der Waals surface area contributed by atoms with E-state index in [0.29, 0.717) is 5.56 Å². The van der Waals surface area contributed by atoms with Crippen molar-refractivity contribution in [3.05, 3.63) is 81.7 Å². The van der Waals surface area contributed by atoms with E-state index in [4.69, 9.17) is 4.74 Å². The second-order valence-electron chi connectivity index (χ2n) is 7.53. The lowest BCUT2D eigenvalue weighted by molar-refractivity contribution is -0.138. The number of hydrogen-bond donors (Lipinski definition) is 1. The van der Waals surface area contributed by atoms with E-state index in [2.05, 4.69) is 15.0 Å². The third-order valence-corrected chi connectivity index (χ3v) is 5.21. The fourth-order valence-corrected chi connectivity index (χ4v) is 3.28. The van der Waals surface area contributed by atoms with Crippen molar-refractivity contribution < 1.29 is 41.0 Å². The highest BCUT2D eigenvalue weighted by atomic mass is 19.4. The number of ether oxygens (including phenoxy) is 2. The summed E-state index contributed by atoms with van der Waals surface area (Å²) in [5.41, 5.74) is -1.89. The first-order valence-electron chi connectivity index (χ1n) is 10.0. The lowest BCUT2D eigenvalue weighted by atomic mass is 9.99. The first-order valence-corrected chi connectivity index (χ1v) is 10.0. The molecule has 3 rings (SSSR count). The highest BCUT2D eigenvalue weighted by Gasteiger charge is 2.35. The van der Waals surface area contributed by atoms with Crippen LogP contribution in [0.25, 0.3) is 0 Å². The number of rotatable bonds is 5.